The maximum atomic E-state index is 12.0. The van der Waals surface area contributed by atoms with Crippen molar-refractivity contribution >= 4 is 62.4 Å². The van der Waals surface area contributed by atoms with E-state index in [0.717, 1.165) is 35.5 Å². The van der Waals surface area contributed by atoms with Gasteiger partial charge in [-0.25, -0.2) is 25.1 Å². The molecule has 3 aliphatic rings. The molecule has 15 atom stereocenters. The highest BCUT2D eigenvalue weighted by Crippen LogP contribution is 2.35. The van der Waals surface area contributed by atoms with Gasteiger partial charge in [-0.05, 0) is 0 Å². The fourth-order valence-electron chi connectivity index (χ4n) is 6.38. The Morgan fingerprint density at radius 2 is 0.635 bits per heavy atom. The third-order valence-corrected chi connectivity index (χ3v) is 11.2. The first-order valence-corrected chi connectivity index (χ1v) is 24.7. The molecule has 63 heavy (non-hydrogen) atoms. The molecule has 3 fully saturated rings. The molecule has 0 aromatic carbocycles. The molecule has 1 unspecified atom stereocenters. The van der Waals surface area contributed by atoms with E-state index in [1.54, 1.807) is 0 Å². The molecule has 0 aromatic rings. The zero-order valence-electron chi connectivity index (χ0n) is 32.3. The van der Waals surface area contributed by atoms with Crippen LogP contribution in [0.25, 0.3) is 0 Å². The Hall–Kier alpha value is -1.18. The van der Waals surface area contributed by atoms with Crippen molar-refractivity contribution in [2.75, 3.05) is 55.4 Å². The summed E-state index contributed by atoms with van der Waals surface area (Å²) in [4.78, 5) is 0. The minimum atomic E-state index is -5.71. The summed E-state index contributed by atoms with van der Waals surface area (Å²) in [6, 6.07) is 0. The summed E-state index contributed by atoms with van der Waals surface area (Å²) in [6.45, 7) is -3.20. The highest BCUT2D eigenvalue weighted by molar-refractivity contribution is 7.82. The summed E-state index contributed by atoms with van der Waals surface area (Å²) in [5, 5.41) is 0. The summed E-state index contributed by atoms with van der Waals surface area (Å²) in [6.07, 6.45) is -30.2. The summed E-state index contributed by atoms with van der Waals surface area (Å²) in [5.41, 5.74) is 0. The van der Waals surface area contributed by atoms with Gasteiger partial charge in [-0.1, -0.05) is 0 Å². The molecule has 0 aromatic heterocycles. The Labute approximate surface area is 359 Å². The minimum absolute atomic E-state index is 0.778. The first-order chi connectivity index (χ1) is 28.7. The van der Waals surface area contributed by atoms with Gasteiger partial charge in [0.15, 0.2) is 24.8 Å². The van der Waals surface area contributed by atoms with E-state index in [0.29, 0.717) is 0 Å². The smallest absolute Gasteiger partial charge is 0.376 e. The molecule has 34 nitrogen and oxygen atoms in total. The molecule has 3 aliphatic heterocycles. The van der Waals surface area contributed by atoms with Crippen LogP contribution in [-0.4, -0.2) is 225 Å². The van der Waals surface area contributed by atoms with Gasteiger partial charge in [0.25, 0.3) is 0 Å². The van der Waals surface area contributed by atoms with Gasteiger partial charge in [-0.15, -0.1) is 0 Å². The second kappa shape index (κ2) is 22.3. The largest absolute Gasteiger partial charge is 0.399 e. The van der Waals surface area contributed by atoms with Crippen LogP contribution in [0.2, 0.25) is 0 Å². The second-order valence-corrected chi connectivity index (χ2v) is 18.8. The molecule has 0 spiro atoms. The SMILES string of the molecule is CO[C@@H]1[C@@H](OS(=O)(=O)O)[C@@H](OC[C@H]2OC(OS(=O)(=O)O)[C@H](OS(=O)(=O)O)[C@@H](OS(=O)(=O)O)[C@@H]2OC)O[C@H](CO[C@H]2O[C@H](COS(=O)(=O)O)[C@@H](OS(=O)(=O)O)[C@H](OC)[C@H]2OC)[C@H]1OC. The molecule has 3 heterocycles. The summed E-state index contributed by atoms with van der Waals surface area (Å²) in [7, 11) is -28.3. The van der Waals surface area contributed by atoms with Crippen molar-refractivity contribution < 1.29 is 150 Å². The van der Waals surface area contributed by atoms with E-state index in [-0.39, 0.29) is 0 Å². The van der Waals surface area contributed by atoms with Crippen molar-refractivity contribution in [3.63, 3.8) is 0 Å². The molecule has 374 valence electrons. The monoisotopic (exact) mass is 1050 g/mol. The highest BCUT2D eigenvalue weighted by atomic mass is 32.3. The summed E-state index contributed by atoms with van der Waals surface area (Å²) >= 11 is 0. The van der Waals surface area contributed by atoms with Gasteiger partial charge in [0.05, 0.1) is 19.8 Å². The molecule has 3 rings (SSSR count). The van der Waals surface area contributed by atoms with E-state index in [1.807, 2.05) is 0 Å². The van der Waals surface area contributed by atoms with Crippen LogP contribution < -0.4 is 0 Å². The Bertz CT molecular complexity index is 2170. The fourth-order valence-corrected chi connectivity index (χ4v) is 9.06. The van der Waals surface area contributed by atoms with Gasteiger partial charge in [-0.3, -0.25) is 27.3 Å². The third-order valence-electron chi connectivity index (χ3n) is 8.51. The number of hydrogen-bond acceptors (Lipinski definition) is 28. The van der Waals surface area contributed by atoms with Gasteiger partial charge in [-0.2, -0.15) is 50.5 Å². The maximum Gasteiger partial charge on any atom is 0.399 e. The van der Waals surface area contributed by atoms with Crippen molar-refractivity contribution in [1.29, 1.82) is 0 Å². The Morgan fingerprint density at radius 3 is 1.02 bits per heavy atom. The second-order valence-electron chi connectivity index (χ2n) is 12.5. The molecule has 0 aliphatic carbocycles. The van der Waals surface area contributed by atoms with Crippen LogP contribution >= 0.6 is 0 Å². The topological polar surface area (TPSA) is 474 Å². The fraction of sp³-hybridized carbons (Fsp3) is 1.00. The van der Waals surface area contributed by atoms with Crippen LogP contribution in [0.15, 0.2) is 0 Å². The van der Waals surface area contributed by atoms with Crippen LogP contribution in [0.5, 0.6) is 0 Å². The number of rotatable bonds is 24. The Kier molecular flexibility index (Phi) is 19.9. The van der Waals surface area contributed by atoms with E-state index in [4.69, 9.17) is 56.1 Å². The number of hydrogen-bond donors (Lipinski definition) is 6. The van der Waals surface area contributed by atoms with Crippen LogP contribution in [-0.2, 0) is 135 Å². The van der Waals surface area contributed by atoms with Crippen molar-refractivity contribution in [1.82, 2.24) is 0 Å². The highest BCUT2D eigenvalue weighted by Gasteiger charge is 2.56. The minimum Gasteiger partial charge on any atom is -0.376 e. The molecule has 0 amide bonds. The van der Waals surface area contributed by atoms with Crippen LogP contribution in [0, 0.1) is 0 Å². The molecular formula is C23H42O34S6. The Balaban J connectivity index is 2.03. The first kappa shape index (κ1) is 56.1. The van der Waals surface area contributed by atoms with Crippen molar-refractivity contribution in [3.8, 4) is 0 Å². The van der Waals surface area contributed by atoms with E-state index < -0.39 is 174 Å². The van der Waals surface area contributed by atoms with Gasteiger partial charge in [0.2, 0.25) is 6.29 Å². The molecule has 0 radical (unpaired) electrons. The van der Waals surface area contributed by atoms with E-state index >= 15 is 0 Å². The molecule has 40 heteroatoms. The summed E-state index contributed by atoms with van der Waals surface area (Å²) < 4.78 is 278. The summed E-state index contributed by atoms with van der Waals surface area (Å²) in [5.74, 6) is 0. The van der Waals surface area contributed by atoms with Crippen molar-refractivity contribution in [3.05, 3.63) is 0 Å². The lowest BCUT2D eigenvalue weighted by Crippen LogP contribution is -2.65. The zero-order valence-corrected chi connectivity index (χ0v) is 37.2. The van der Waals surface area contributed by atoms with Crippen molar-refractivity contribution in [2.24, 2.45) is 0 Å². The lowest BCUT2D eigenvalue weighted by atomic mass is 9.97. The van der Waals surface area contributed by atoms with E-state index in [1.165, 1.54) is 0 Å². The van der Waals surface area contributed by atoms with E-state index in [9.17, 15) is 73.3 Å². The molecule has 3 saturated heterocycles. The van der Waals surface area contributed by atoms with Gasteiger partial charge < -0.3 is 47.4 Å². The third kappa shape index (κ3) is 17.4. The Morgan fingerprint density at radius 1 is 0.333 bits per heavy atom. The van der Waals surface area contributed by atoms with Crippen LogP contribution in [0.3, 0.4) is 0 Å². The average Bonchev–Trinajstić information content (AvgIpc) is 3.10. The maximum absolute atomic E-state index is 12.0. The zero-order chi connectivity index (χ0) is 48.1. The van der Waals surface area contributed by atoms with Crippen molar-refractivity contribution in [2.45, 2.75) is 92.1 Å². The lowest BCUT2D eigenvalue weighted by molar-refractivity contribution is -0.340. The molecule has 0 saturated carbocycles. The number of methoxy groups -OCH3 is 5. The molecular weight excluding hydrogens is 1010 g/mol. The van der Waals surface area contributed by atoms with E-state index in [2.05, 4.69) is 20.9 Å². The van der Waals surface area contributed by atoms with Crippen LogP contribution in [0.1, 0.15) is 0 Å². The number of ether oxygens (including phenoxy) is 10. The van der Waals surface area contributed by atoms with Gasteiger partial charge in [0, 0.05) is 35.5 Å². The molecule has 6 N–H and O–H groups in total. The van der Waals surface area contributed by atoms with Gasteiger partial charge >= 0.3 is 62.4 Å². The quantitative estimate of drug-likeness (QED) is 0.0492. The standard InChI is InChI=1S/C23H42O34S6/c1-42-12-9(6-47-21-18(46-5)16(45-4)14(53-59(27,28)29)11(51-21)8-49-58(24,25)26)50-22(19(15(12)44-3)55-61(33,34)35)48-7-10-13(43-2)17(54-60(30,31)32)20(56-62(36,37)38)23(52-10)57-63(39,40)41/h9-23H,6-8H2,1-5H3,(H,24,25,26)(H,27,28,29)(H,30,31,32)(H,33,34,35)(H,36,37,38)(H,39,40,41)/t9-,10-,11-,12-,13-,14-,15+,16+,17+,18-,19-,20-,21+,22+,23?/m1/s1. The van der Waals surface area contributed by atoms with Gasteiger partial charge in [0.1, 0.15) is 61.0 Å². The normalized spacial score (nSPS) is 35.4. The van der Waals surface area contributed by atoms with Crippen LogP contribution in [0.4, 0.5) is 0 Å². The average molecular weight is 1050 g/mol. The molecule has 0 bridgehead atoms. The first-order valence-electron chi connectivity index (χ1n) is 16.5. The predicted octanol–water partition coefficient (Wildman–Crippen LogP) is -5.34. The lowest BCUT2D eigenvalue weighted by Gasteiger charge is -2.47. The predicted molar refractivity (Wildman–Crippen MR) is 188 cm³/mol.